The molecule has 6 heteroatoms. The molecule has 0 atom stereocenters. The van der Waals surface area contributed by atoms with Gasteiger partial charge in [-0.3, -0.25) is 0 Å². The first-order valence-corrected chi connectivity index (χ1v) is 12.4. The van der Waals surface area contributed by atoms with Crippen molar-refractivity contribution in [1.29, 1.82) is 0 Å². The third-order valence-corrected chi connectivity index (χ3v) is 6.59. The SMILES string of the molecule is CCc1nc(C2CC2)nc(N2CCN(C(=O)NC(C)(C)C)CC2)c1Cc1cc(C)ccc1C. The number of piperazine rings is 1. The number of aromatic nitrogens is 2. The van der Waals surface area contributed by atoms with Crippen molar-refractivity contribution in [3.63, 3.8) is 0 Å². The standard InChI is InChI=1S/C27H39N5O/c1-7-23-22(17-21-16-18(2)8-9-19(21)3)25(29-24(28-23)20-10-11-20)31-12-14-32(15-13-31)26(33)30-27(4,5)6/h8-9,16,20H,7,10-15,17H2,1-6H3,(H,30,33). The Morgan fingerprint density at radius 2 is 1.79 bits per heavy atom. The molecule has 0 radical (unpaired) electrons. The molecule has 1 aromatic carbocycles. The smallest absolute Gasteiger partial charge is 0.317 e. The lowest BCUT2D eigenvalue weighted by Crippen LogP contribution is -2.55. The molecule has 1 aliphatic heterocycles. The largest absolute Gasteiger partial charge is 0.353 e. The number of nitrogens with zero attached hydrogens (tertiary/aromatic N) is 4. The molecule has 2 amide bonds. The van der Waals surface area contributed by atoms with Crippen molar-refractivity contribution in [2.45, 2.75) is 78.7 Å². The number of nitrogens with one attached hydrogen (secondary N) is 1. The molecule has 1 saturated heterocycles. The minimum absolute atomic E-state index is 0.0216. The zero-order chi connectivity index (χ0) is 23.8. The van der Waals surface area contributed by atoms with Crippen LogP contribution < -0.4 is 10.2 Å². The number of carbonyl (C=O) groups excluding carboxylic acids is 1. The second-order valence-electron chi connectivity index (χ2n) is 10.7. The topological polar surface area (TPSA) is 61.4 Å². The summed E-state index contributed by atoms with van der Waals surface area (Å²) in [5.41, 5.74) is 6.14. The van der Waals surface area contributed by atoms with Crippen molar-refractivity contribution in [3.8, 4) is 0 Å². The third-order valence-electron chi connectivity index (χ3n) is 6.59. The van der Waals surface area contributed by atoms with Gasteiger partial charge in [0.2, 0.25) is 0 Å². The quantitative estimate of drug-likeness (QED) is 0.715. The van der Waals surface area contributed by atoms with E-state index in [1.54, 1.807) is 0 Å². The molecule has 33 heavy (non-hydrogen) atoms. The number of rotatable bonds is 5. The number of aryl methyl sites for hydroxylation is 3. The molecule has 1 N–H and O–H groups in total. The Morgan fingerprint density at radius 3 is 2.39 bits per heavy atom. The highest BCUT2D eigenvalue weighted by atomic mass is 16.2. The van der Waals surface area contributed by atoms with Gasteiger partial charge in [-0.2, -0.15) is 0 Å². The van der Waals surface area contributed by atoms with Crippen molar-refractivity contribution < 1.29 is 4.79 Å². The van der Waals surface area contributed by atoms with Gasteiger partial charge in [0.05, 0.1) is 0 Å². The molecular formula is C27H39N5O. The minimum atomic E-state index is -0.227. The molecule has 1 aliphatic carbocycles. The molecular weight excluding hydrogens is 410 g/mol. The van der Waals surface area contributed by atoms with E-state index in [9.17, 15) is 4.79 Å². The molecule has 2 aromatic rings. The summed E-state index contributed by atoms with van der Waals surface area (Å²) in [4.78, 5) is 27.1. The van der Waals surface area contributed by atoms with Crippen LogP contribution in [0.2, 0.25) is 0 Å². The lowest BCUT2D eigenvalue weighted by molar-refractivity contribution is 0.185. The van der Waals surface area contributed by atoms with E-state index in [1.165, 1.54) is 40.8 Å². The predicted molar refractivity (Wildman–Crippen MR) is 134 cm³/mol. The highest BCUT2D eigenvalue weighted by Gasteiger charge is 2.31. The highest BCUT2D eigenvalue weighted by molar-refractivity contribution is 5.75. The van der Waals surface area contributed by atoms with E-state index in [-0.39, 0.29) is 11.6 Å². The monoisotopic (exact) mass is 449 g/mol. The normalized spacial score (nSPS) is 16.8. The maximum absolute atomic E-state index is 12.7. The minimum Gasteiger partial charge on any atom is -0.353 e. The third kappa shape index (κ3) is 5.66. The Bertz CT molecular complexity index is 1010. The Morgan fingerprint density at radius 1 is 1.09 bits per heavy atom. The zero-order valence-corrected chi connectivity index (χ0v) is 21.2. The highest BCUT2D eigenvalue weighted by Crippen LogP contribution is 2.40. The van der Waals surface area contributed by atoms with Crippen molar-refractivity contribution in [2.75, 3.05) is 31.1 Å². The van der Waals surface area contributed by atoms with Crippen LogP contribution in [-0.4, -0.2) is 52.6 Å². The predicted octanol–water partition coefficient (Wildman–Crippen LogP) is 4.75. The number of hydrogen-bond donors (Lipinski definition) is 1. The fourth-order valence-corrected chi connectivity index (χ4v) is 4.50. The van der Waals surface area contributed by atoms with E-state index in [4.69, 9.17) is 9.97 Å². The molecule has 2 fully saturated rings. The summed E-state index contributed by atoms with van der Waals surface area (Å²) in [6.07, 6.45) is 4.14. The first-order chi connectivity index (χ1) is 15.6. The molecule has 6 nitrogen and oxygen atoms in total. The summed E-state index contributed by atoms with van der Waals surface area (Å²) in [6, 6.07) is 6.70. The van der Waals surface area contributed by atoms with Gasteiger partial charge in [0.25, 0.3) is 0 Å². The van der Waals surface area contributed by atoms with Crippen LogP contribution in [0.15, 0.2) is 18.2 Å². The maximum atomic E-state index is 12.7. The van der Waals surface area contributed by atoms with E-state index in [2.05, 4.69) is 49.2 Å². The van der Waals surface area contributed by atoms with E-state index in [0.717, 1.165) is 37.6 Å². The van der Waals surface area contributed by atoms with E-state index >= 15 is 0 Å². The molecule has 1 saturated carbocycles. The van der Waals surface area contributed by atoms with Crippen LogP contribution in [0.1, 0.15) is 80.2 Å². The second-order valence-corrected chi connectivity index (χ2v) is 10.7. The van der Waals surface area contributed by atoms with Crippen LogP contribution >= 0.6 is 0 Å². The van der Waals surface area contributed by atoms with Crippen LogP contribution in [0, 0.1) is 13.8 Å². The van der Waals surface area contributed by atoms with Crippen molar-refractivity contribution >= 4 is 11.8 Å². The van der Waals surface area contributed by atoms with E-state index in [1.807, 2.05) is 25.7 Å². The average Bonchev–Trinajstić information content (AvgIpc) is 3.61. The number of carbonyl (C=O) groups is 1. The number of anilines is 1. The molecule has 1 aromatic heterocycles. The Labute approximate surface area is 198 Å². The van der Waals surface area contributed by atoms with Crippen LogP contribution in [0.5, 0.6) is 0 Å². The second kappa shape index (κ2) is 9.32. The summed E-state index contributed by atoms with van der Waals surface area (Å²) in [6.45, 7) is 15.6. The number of amides is 2. The molecule has 0 unspecified atom stereocenters. The first kappa shape index (κ1) is 23.5. The molecule has 0 spiro atoms. The van der Waals surface area contributed by atoms with Gasteiger partial charge in [0, 0.05) is 55.3 Å². The van der Waals surface area contributed by atoms with E-state index in [0.29, 0.717) is 19.0 Å². The summed E-state index contributed by atoms with van der Waals surface area (Å²) < 4.78 is 0. The summed E-state index contributed by atoms with van der Waals surface area (Å²) in [5, 5.41) is 3.09. The zero-order valence-electron chi connectivity index (χ0n) is 21.2. The summed E-state index contributed by atoms with van der Waals surface area (Å²) in [7, 11) is 0. The van der Waals surface area contributed by atoms with Crippen LogP contribution in [-0.2, 0) is 12.8 Å². The fourth-order valence-electron chi connectivity index (χ4n) is 4.50. The lowest BCUT2D eigenvalue weighted by atomic mass is 9.96. The number of hydrogen-bond acceptors (Lipinski definition) is 4. The van der Waals surface area contributed by atoms with E-state index < -0.39 is 0 Å². The first-order valence-electron chi connectivity index (χ1n) is 12.4. The average molecular weight is 450 g/mol. The molecule has 2 aliphatic rings. The molecule has 4 rings (SSSR count). The number of benzene rings is 1. The van der Waals surface area contributed by atoms with Gasteiger partial charge in [-0.05, 0) is 65.0 Å². The van der Waals surface area contributed by atoms with Crippen molar-refractivity contribution in [1.82, 2.24) is 20.2 Å². The van der Waals surface area contributed by atoms with Crippen LogP contribution in [0.25, 0.3) is 0 Å². The Hall–Kier alpha value is -2.63. The molecule has 2 heterocycles. The molecule has 0 bridgehead atoms. The maximum Gasteiger partial charge on any atom is 0.317 e. The Kier molecular flexibility index (Phi) is 6.64. The van der Waals surface area contributed by atoms with Crippen molar-refractivity contribution in [3.05, 3.63) is 52.0 Å². The Balaban J connectivity index is 1.62. The summed E-state index contributed by atoms with van der Waals surface area (Å²) >= 11 is 0. The van der Waals surface area contributed by atoms with Gasteiger partial charge >= 0.3 is 6.03 Å². The fraction of sp³-hybridized carbons (Fsp3) is 0.593. The van der Waals surface area contributed by atoms with Gasteiger partial charge in [0.1, 0.15) is 11.6 Å². The molecule has 178 valence electrons. The van der Waals surface area contributed by atoms with Gasteiger partial charge < -0.3 is 15.1 Å². The van der Waals surface area contributed by atoms with Crippen LogP contribution in [0.4, 0.5) is 10.6 Å². The summed E-state index contributed by atoms with van der Waals surface area (Å²) in [5.74, 6) is 2.61. The van der Waals surface area contributed by atoms with Gasteiger partial charge in [-0.25, -0.2) is 14.8 Å². The van der Waals surface area contributed by atoms with Crippen LogP contribution in [0.3, 0.4) is 0 Å². The number of urea groups is 1. The lowest BCUT2D eigenvalue weighted by Gasteiger charge is -2.38. The van der Waals surface area contributed by atoms with Crippen molar-refractivity contribution in [2.24, 2.45) is 0 Å². The van der Waals surface area contributed by atoms with Gasteiger partial charge in [-0.15, -0.1) is 0 Å². The van der Waals surface area contributed by atoms with Gasteiger partial charge in [0.15, 0.2) is 0 Å². The van der Waals surface area contributed by atoms with Gasteiger partial charge in [-0.1, -0.05) is 30.7 Å².